The number of hydrogen-bond acceptors (Lipinski definition) is 3. The van der Waals surface area contributed by atoms with Gasteiger partial charge in [-0.1, -0.05) is 15.9 Å². The van der Waals surface area contributed by atoms with Crippen molar-refractivity contribution in [1.82, 2.24) is 0 Å². The van der Waals surface area contributed by atoms with E-state index in [-0.39, 0.29) is 35.7 Å². The van der Waals surface area contributed by atoms with E-state index in [9.17, 15) is 9.59 Å². The van der Waals surface area contributed by atoms with Crippen molar-refractivity contribution in [3.63, 3.8) is 0 Å². The zero-order valence-electron chi connectivity index (χ0n) is 12.6. The fourth-order valence-corrected chi connectivity index (χ4v) is 4.93. The van der Waals surface area contributed by atoms with Crippen LogP contribution >= 0.6 is 15.9 Å². The molecule has 116 valence electrons. The molecule has 1 aliphatic heterocycles. The van der Waals surface area contributed by atoms with E-state index in [4.69, 9.17) is 4.74 Å². The van der Waals surface area contributed by atoms with E-state index in [1.165, 1.54) is 0 Å². The van der Waals surface area contributed by atoms with E-state index in [2.05, 4.69) is 21.2 Å². The second-order valence-electron chi connectivity index (χ2n) is 6.76. The molecule has 4 nitrogen and oxygen atoms in total. The van der Waals surface area contributed by atoms with Crippen molar-refractivity contribution in [2.24, 2.45) is 23.7 Å². The van der Waals surface area contributed by atoms with Crippen molar-refractivity contribution in [2.45, 2.75) is 32.8 Å². The van der Waals surface area contributed by atoms with Crippen molar-refractivity contribution in [3.05, 3.63) is 27.7 Å². The number of nitrogens with one attached hydrogen (secondary N) is 1. The number of carbonyl (C=O) groups is 2. The van der Waals surface area contributed by atoms with Gasteiger partial charge in [0.1, 0.15) is 6.10 Å². The lowest BCUT2D eigenvalue weighted by molar-refractivity contribution is -0.145. The van der Waals surface area contributed by atoms with Crippen molar-refractivity contribution in [3.8, 4) is 0 Å². The minimum absolute atomic E-state index is 0.0281. The monoisotopic (exact) mass is 363 g/mol. The number of benzene rings is 1. The number of esters is 1. The summed E-state index contributed by atoms with van der Waals surface area (Å²) in [5.74, 6) is -0.0806. The number of anilines is 1. The van der Waals surface area contributed by atoms with Gasteiger partial charge in [-0.25, -0.2) is 0 Å². The van der Waals surface area contributed by atoms with Crippen molar-refractivity contribution in [1.29, 1.82) is 0 Å². The zero-order chi connectivity index (χ0) is 15.6. The largest absolute Gasteiger partial charge is 0.462 e. The van der Waals surface area contributed by atoms with Gasteiger partial charge in [-0.2, -0.15) is 0 Å². The summed E-state index contributed by atoms with van der Waals surface area (Å²) >= 11 is 3.50. The van der Waals surface area contributed by atoms with Crippen LogP contribution < -0.4 is 5.32 Å². The molecule has 2 saturated carbocycles. The molecule has 2 bridgehead atoms. The summed E-state index contributed by atoms with van der Waals surface area (Å²) in [5, 5.41) is 3.04. The van der Waals surface area contributed by atoms with Crippen LogP contribution in [0.2, 0.25) is 0 Å². The molecule has 0 radical (unpaired) electrons. The van der Waals surface area contributed by atoms with Crippen LogP contribution in [0.25, 0.3) is 0 Å². The Kier molecular flexibility index (Phi) is 3.12. The Hall–Kier alpha value is -1.36. The molecule has 3 aliphatic rings. The predicted molar refractivity (Wildman–Crippen MR) is 85.3 cm³/mol. The minimum atomic E-state index is -0.223. The second kappa shape index (κ2) is 4.82. The Labute approximate surface area is 137 Å². The van der Waals surface area contributed by atoms with E-state index in [1.807, 2.05) is 26.0 Å². The van der Waals surface area contributed by atoms with Crippen LogP contribution in [0.15, 0.2) is 16.6 Å². The maximum Gasteiger partial charge on any atom is 0.310 e. The smallest absolute Gasteiger partial charge is 0.310 e. The third kappa shape index (κ3) is 1.87. The Bertz CT molecular complexity index is 685. The van der Waals surface area contributed by atoms with Gasteiger partial charge in [0.05, 0.1) is 11.8 Å². The first-order valence-corrected chi connectivity index (χ1v) is 8.53. The predicted octanol–water partition coefficient (Wildman–Crippen LogP) is 3.20. The third-order valence-electron chi connectivity index (χ3n) is 5.76. The van der Waals surface area contributed by atoms with Gasteiger partial charge in [0.25, 0.3) is 0 Å². The normalized spacial score (nSPS) is 34.9. The van der Waals surface area contributed by atoms with Crippen LogP contribution in [-0.4, -0.2) is 18.0 Å². The number of hydrogen-bond donors (Lipinski definition) is 1. The molecule has 5 atom stereocenters. The summed E-state index contributed by atoms with van der Waals surface area (Å²) in [7, 11) is 0. The molecule has 2 aliphatic carbocycles. The average Bonchev–Trinajstić information content (AvgIpc) is 3.09. The van der Waals surface area contributed by atoms with Crippen LogP contribution in [0, 0.1) is 37.5 Å². The van der Waals surface area contributed by atoms with Gasteiger partial charge in [-0.3, -0.25) is 9.59 Å². The summed E-state index contributed by atoms with van der Waals surface area (Å²) in [6, 6.07) is 3.85. The third-order valence-corrected chi connectivity index (χ3v) is 6.62. The van der Waals surface area contributed by atoms with Crippen molar-refractivity contribution in [2.75, 3.05) is 5.32 Å². The molecule has 5 heteroatoms. The lowest BCUT2D eigenvalue weighted by atomic mass is 9.79. The minimum Gasteiger partial charge on any atom is -0.462 e. The van der Waals surface area contributed by atoms with Crippen LogP contribution in [0.1, 0.15) is 24.0 Å². The lowest BCUT2D eigenvalue weighted by Crippen LogP contribution is -2.36. The zero-order valence-corrected chi connectivity index (χ0v) is 14.1. The maximum atomic E-state index is 12.8. The fraction of sp³-hybridized carbons (Fsp3) is 0.529. The number of ether oxygens (including phenoxy) is 1. The fourth-order valence-electron chi connectivity index (χ4n) is 4.50. The van der Waals surface area contributed by atoms with Crippen molar-refractivity contribution < 1.29 is 14.3 Å². The van der Waals surface area contributed by atoms with Crippen LogP contribution in [0.5, 0.6) is 0 Å². The first-order chi connectivity index (χ1) is 10.5. The first-order valence-electron chi connectivity index (χ1n) is 7.74. The molecule has 1 N–H and O–H groups in total. The molecule has 0 unspecified atom stereocenters. The molecule has 1 heterocycles. The highest BCUT2D eigenvalue weighted by molar-refractivity contribution is 9.10. The molecular weight excluding hydrogens is 346 g/mol. The van der Waals surface area contributed by atoms with Gasteiger partial charge in [0.2, 0.25) is 5.91 Å². The summed E-state index contributed by atoms with van der Waals surface area (Å²) in [4.78, 5) is 24.8. The van der Waals surface area contributed by atoms with Gasteiger partial charge in [0.15, 0.2) is 0 Å². The molecule has 1 amide bonds. The number of rotatable bonds is 2. The first kappa shape index (κ1) is 14.2. The van der Waals surface area contributed by atoms with Crippen LogP contribution in [-0.2, 0) is 14.3 Å². The van der Waals surface area contributed by atoms with Crippen LogP contribution in [0.3, 0.4) is 0 Å². The topological polar surface area (TPSA) is 55.4 Å². The molecule has 1 aromatic rings. The summed E-state index contributed by atoms with van der Waals surface area (Å²) < 4.78 is 6.44. The highest BCUT2D eigenvalue weighted by Gasteiger charge is 2.63. The summed E-state index contributed by atoms with van der Waals surface area (Å²) in [5.41, 5.74) is 3.00. The molecule has 1 saturated heterocycles. The molecular formula is C17H18BrNO3. The Morgan fingerprint density at radius 1 is 1.27 bits per heavy atom. The van der Waals surface area contributed by atoms with Gasteiger partial charge >= 0.3 is 5.97 Å². The highest BCUT2D eigenvalue weighted by Crippen LogP contribution is 2.57. The summed E-state index contributed by atoms with van der Waals surface area (Å²) in [6.07, 6.45) is 1.88. The molecule has 4 rings (SSSR count). The highest BCUT2D eigenvalue weighted by atomic mass is 79.9. The molecule has 0 aromatic heterocycles. The van der Waals surface area contributed by atoms with Crippen molar-refractivity contribution >= 4 is 33.5 Å². The number of fused-ring (bicyclic) bond motifs is 1. The molecule has 1 aromatic carbocycles. The van der Waals surface area contributed by atoms with Gasteiger partial charge < -0.3 is 10.1 Å². The Balaban J connectivity index is 1.59. The summed E-state index contributed by atoms with van der Waals surface area (Å²) in [6.45, 7) is 4.02. The molecule has 3 fully saturated rings. The van der Waals surface area contributed by atoms with E-state index in [0.29, 0.717) is 5.92 Å². The standard InChI is InChI=1S/C17H18BrNO3/c1-7-8(2)12(4-3-11(7)18)19-16(20)14-9-5-10-13(6-9)22-17(21)15(10)14/h3-4,9-10,13-15H,5-6H2,1-2H3,(H,19,20)/t9-,10+,13-,14-,15-/m1/s1. The average molecular weight is 364 g/mol. The van der Waals surface area contributed by atoms with E-state index in [0.717, 1.165) is 34.1 Å². The second-order valence-corrected chi connectivity index (χ2v) is 7.61. The quantitative estimate of drug-likeness (QED) is 0.820. The van der Waals surface area contributed by atoms with Gasteiger partial charge in [-0.15, -0.1) is 0 Å². The van der Waals surface area contributed by atoms with E-state index >= 15 is 0 Å². The molecule has 0 spiro atoms. The lowest BCUT2D eigenvalue weighted by Gasteiger charge is -2.24. The Morgan fingerprint density at radius 3 is 2.82 bits per heavy atom. The number of amides is 1. The van der Waals surface area contributed by atoms with E-state index in [1.54, 1.807) is 0 Å². The SMILES string of the molecule is Cc1c(Br)ccc(NC(=O)[C@@H]2[C@@H]3C[C@@H]4[C@H]2C(=O)O[C@@H]4C3)c1C. The molecule has 22 heavy (non-hydrogen) atoms. The maximum absolute atomic E-state index is 12.8. The number of halogens is 1. The van der Waals surface area contributed by atoms with E-state index < -0.39 is 0 Å². The van der Waals surface area contributed by atoms with Gasteiger partial charge in [0, 0.05) is 16.1 Å². The van der Waals surface area contributed by atoms with Crippen LogP contribution in [0.4, 0.5) is 5.69 Å². The number of carbonyl (C=O) groups excluding carboxylic acids is 2. The Morgan fingerprint density at radius 2 is 2.05 bits per heavy atom. The van der Waals surface area contributed by atoms with Gasteiger partial charge in [-0.05, 0) is 55.9 Å².